The van der Waals surface area contributed by atoms with Crippen molar-refractivity contribution in [3.63, 3.8) is 0 Å². The van der Waals surface area contributed by atoms with E-state index in [-0.39, 0.29) is 44.3 Å². The number of nitrogens with zero attached hydrogens (tertiary/aromatic N) is 2. The Balaban J connectivity index is 1.22. The van der Waals surface area contributed by atoms with Crippen molar-refractivity contribution in [2.75, 3.05) is 11.9 Å². The number of likely N-dealkylation sites (tertiary alicyclic amines) is 1. The number of carbonyl (C=O) groups excluding carboxylic acids is 4. The van der Waals surface area contributed by atoms with Gasteiger partial charge in [0.05, 0.1) is 18.3 Å². The molecule has 15 heteroatoms. The highest BCUT2D eigenvalue weighted by molar-refractivity contribution is 7.91. The second kappa shape index (κ2) is 13.4. The van der Waals surface area contributed by atoms with Crippen LogP contribution in [0.4, 0.5) is 14.9 Å². The Morgan fingerprint density at radius 1 is 1.10 bits per heavy atom. The lowest BCUT2D eigenvalue weighted by atomic mass is 10.0. The SMILES string of the molecule is CC[C@@H]1C[C@]1(NC(=O)[C@@H]1CC(OC(=O)N2Cc3cccc(F)c3C2)CN1C(=O)[C@@H](Nc1cccc(Cl)c1)C(C)C)C(=O)NS(=O)(=O)C1CC1. The molecule has 5 atom stereocenters. The smallest absolute Gasteiger partial charge is 0.410 e. The van der Waals surface area contributed by atoms with Crippen molar-refractivity contribution in [3.05, 3.63) is 64.4 Å². The maximum Gasteiger partial charge on any atom is 0.410 e. The molecule has 6 rings (SSSR count). The Bertz CT molecular complexity index is 1770. The number of anilines is 1. The minimum absolute atomic E-state index is 0.0267. The minimum atomic E-state index is -3.87. The Kier molecular flexibility index (Phi) is 9.57. The zero-order valence-corrected chi connectivity index (χ0v) is 29.2. The van der Waals surface area contributed by atoms with Gasteiger partial charge in [0.1, 0.15) is 29.5 Å². The van der Waals surface area contributed by atoms with Gasteiger partial charge in [-0.05, 0) is 60.9 Å². The van der Waals surface area contributed by atoms with Crippen LogP contribution >= 0.6 is 11.6 Å². The fraction of sp³-hybridized carbons (Fsp3) is 0.529. The number of hydrogen-bond acceptors (Lipinski definition) is 8. The Labute approximate surface area is 290 Å². The standard InChI is InChI=1S/C34H41ClFN5O7S/c1-4-21-15-34(21,32(44)39-49(46,47)25-11-12-25)38-30(42)28-14-24(48-33(45)40-16-20-7-5-10-27(36)26(20)18-40)17-41(28)31(43)29(19(2)3)37-23-9-6-8-22(35)13-23/h5-10,13,19,21,24-25,28-29,37H,4,11-12,14-18H2,1-3H3,(H,38,42)(H,39,44)/t21-,24?,28+,29+,34-/m1/s1. The summed E-state index contributed by atoms with van der Waals surface area (Å²) in [6, 6.07) is 9.59. The van der Waals surface area contributed by atoms with E-state index in [1.165, 1.54) is 15.9 Å². The fourth-order valence-electron chi connectivity index (χ4n) is 6.85. The summed E-state index contributed by atoms with van der Waals surface area (Å²) >= 11 is 6.18. The van der Waals surface area contributed by atoms with Crippen LogP contribution in [0.3, 0.4) is 0 Å². The highest BCUT2D eigenvalue weighted by Crippen LogP contribution is 2.47. The molecular weight excluding hydrogens is 677 g/mol. The molecule has 1 saturated heterocycles. The molecule has 4 aliphatic rings. The molecule has 2 aromatic carbocycles. The molecule has 0 aromatic heterocycles. The van der Waals surface area contributed by atoms with Gasteiger partial charge in [0, 0.05) is 29.2 Å². The van der Waals surface area contributed by atoms with Crippen LogP contribution in [0.1, 0.15) is 64.0 Å². The van der Waals surface area contributed by atoms with Crippen LogP contribution < -0.4 is 15.4 Å². The number of halogens is 2. The van der Waals surface area contributed by atoms with E-state index in [2.05, 4.69) is 15.4 Å². The van der Waals surface area contributed by atoms with E-state index in [1.807, 2.05) is 20.8 Å². The van der Waals surface area contributed by atoms with Crippen molar-refractivity contribution in [1.29, 1.82) is 0 Å². The lowest BCUT2D eigenvalue weighted by Crippen LogP contribution is -2.58. The van der Waals surface area contributed by atoms with Gasteiger partial charge in [-0.25, -0.2) is 17.6 Å². The van der Waals surface area contributed by atoms with Crippen molar-refractivity contribution >= 4 is 51.1 Å². The third-order valence-electron chi connectivity index (χ3n) is 9.93. The zero-order valence-electron chi connectivity index (χ0n) is 27.6. The predicted molar refractivity (Wildman–Crippen MR) is 179 cm³/mol. The third-order valence-corrected chi connectivity index (χ3v) is 12.0. The molecule has 264 valence electrons. The summed E-state index contributed by atoms with van der Waals surface area (Å²) in [5.74, 6) is -2.82. The topological polar surface area (TPSA) is 154 Å². The number of carbonyl (C=O) groups is 4. The van der Waals surface area contributed by atoms with Crippen molar-refractivity contribution in [2.24, 2.45) is 11.8 Å². The zero-order chi connectivity index (χ0) is 35.2. The van der Waals surface area contributed by atoms with Gasteiger partial charge in [-0.3, -0.25) is 24.0 Å². The largest absolute Gasteiger partial charge is 0.444 e. The van der Waals surface area contributed by atoms with E-state index in [0.717, 1.165) is 0 Å². The van der Waals surface area contributed by atoms with Crippen molar-refractivity contribution in [1.82, 2.24) is 19.8 Å². The van der Waals surface area contributed by atoms with Gasteiger partial charge in [-0.1, -0.05) is 57.0 Å². The molecule has 2 saturated carbocycles. The number of amides is 4. The van der Waals surface area contributed by atoms with E-state index in [9.17, 15) is 32.0 Å². The van der Waals surface area contributed by atoms with Gasteiger partial charge >= 0.3 is 6.09 Å². The number of hydrogen-bond donors (Lipinski definition) is 3. The predicted octanol–water partition coefficient (Wildman–Crippen LogP) is 3.93. The average Bonchev–Trinajstić information content (AvgIpc) is 3.94. The first-order valence-corrected chi connectivity index (χ1v) is 18.6. The van der Waals surface area contributed by atoms with Crippen LogP contribution in [-0.2, 0) is 42.2 Å². The second-order valence-electron chi connectivity index (χ2n) is 13.8. The first kappa shape index (κ1) is 34.9. The van der Waals surface area contributed by atoms with E-state index in [4.69, 9.17) is 16.3 Å². The molecule has 2 aromatic rings. The van der Waals surface area contributed by atoms with Gasteiger partial charge in [0.15, 0.2) is 0 Å². The normalized spacial score (nSPS) is 25.1. The number of benzene rings is 2. The van der Waals surface area contributed by atoms with Crippen LogP contribution in [-0.4, -0.2) is 77.6 Å². The van der Waals surface area contributed by atoms with E-state index < -0.39 is 68.6 Å². The van der Waals surface area contributed by atoms with Crippen LogP contribution in [0.5, 0.6) is 0 Å². The highest BCUT2D eigenvalue weighted by Gasteiger charge is 2.62. The molecule has 1 unspecified atom stereocenters. The second-order valence-corrected chi connectivity index (χ2v) is 16.2. The quantitative estimate of drug-likeness (QED) is 0.316. The first-order valence-electron chi connectivity index (χ1n) is 16.6. The molecular formula is C34H41ClFN5O7S. The molecule has 2 heterocycles. The molecule has 2 aliphatic heterocycles. The van der Waals surface area contributed by atoms with Gasteiger partial charge < -0.3 is 20.3 Å². The Hall–Kier alpha value is -3.91. The molecule has 0 bridgehead atoms. The lowest BCUT2D eigenvalue weighted by molar-refractivity contribution is -0.140. The fourth-order valence-corrected chi connectivity index (χ4v) is 8.40. The van der Waals surface area contributed by atoms with E-state index in [1.54, 1.807) is 36.4 Å². The van der Waals surface area contributed by atoms with Crippen LogP contribution in [0.25, 0.3) is 0 Å². The molecule has 2 aliphatic carbocycles. The molecule has 0 spiro atoms. The Morgan fingerprint density at radius 3 is 2.47 bits per heavy atom. The molecule has 3 N–H and O–H groups in total. The molecule has 4 amide bonds. The van der Waals surface area contributed by atoms with E-state index >= 15 is 0 Å². The summed E-state index contributed by atoms with van der Waals surface area (Å²) in [6.07, 6.45) is 0.0468. The summed E-state index contributed by atoms with van der Waals surface area (Å²) in [7, 11) is -3.87. The van der Waals surface area contributed by atoms with Crippen molar-refractivity contribution < 1.29 is 36.7 Å². The number of rotatable bonds is 11. The molecule has 0 radical (unpaired) electrons. The van der Waals surface area contributed by atoms with Crippen LogP contribution in [0.15, 0.2) is 42.5 Å². The highest BCUT2D eigenvalue weighted by atomic mass is 35.5. The number of sulfonamides is 1. The average molecular weight is 718 g/mol. The number of fused-ring (bicyclic) bond motifs is 1. The summed E-state index contributed by atoms with van der Waals surface area (Å²) < 4.78 is 47.6. The monoisotopic (exact) mass is 717 g/mol. The van der Waals surface area contributed by atoms with Crippen molar-refractivity contribution in [3.8, 4) is 0 Å². The Morgan fingerprint density at radius 2 is 1.84 bits per heavy atom. The van der Waals surface area contributed by atoms with Crippen LogP contribution in [0.2, 0.25) is 5.02 Å². The van der Waals surface area contributed by atoms with Gasteiger partial charge in [-0.15, -0.1) is 0 Å². The summed E-state index contributed by atoms with van der Waals surface area (Å²) in [5.41, 5.74) is 0.236. The summed E-state index contributed by atoms with van der Waals surface area (Å²) in [4.78, 5) is 57.8. The lowest BCUT2D eigenvalue weighted by Gasteiger charge is -2.31. The summed E-state index contributed by atoms with van der Waals surface area (Å²) in [5, 5.41) is 5.87. The van der Waals surface area contributed by atoms with Crippen molar-refractivity contribution in [2.45, 2.75) is 94.9 Å². The maximum absolute atomic E-state index is 14.4. The van der Waals surface area contributed by atoms with Crippen LogP contribution in [0, 0.1) is 17.7 Å². The number of nitrogens with one attached hydrogen (secondary N) is 3. The number of ether oxygens (including phenoxy) is 1. The van der Waals surface area contributed by atoms with Gasteiger partial charge in [0.2, 0.25) is 21.8 Å². The van der Waals surface area contributed by atoms with Gasteiger partial charge in [-0.2, -0.15) is 0 Å². The molecule has 49 heavy (non-hydrogen) atoms. The van der Waals surface area contributed by atoms with E-state index in [0.29, 0.717) is 41.1 Å². The third kappa shape index (κ3) is 7.21. The molecule has 12 nitrogen and oxygen atoms in total. The minimum Gasteiger partial charge on any atom is -0.444 e. The first-order chi connectivity index (χ1) is 23.2. The molecule has 3 fully saturated rings. The summed E-state index contributed by atoms with van der Waals surface area (Å²) in [6.45, 7) is 5.62. The maximum atomic E-state index is 14.4. The van der Waals surface area contributed by atoms with Gasteiger partial charge in [0.25, 0.3) is 5.91 Å².